The second kappa shape index (κ2) is 7.27. The summed E-state index contributed by atoms with van der Waals surface area (Å²) in [5, 5.41) is 0. The lowest BCUT2D eigenvalue weighted by Crippen LogP contribution is -2.42. The largest absolute Gasteiger partial charge is 0.400 e. The van der Waals surface area contributed by atoms with Gasteiger partial charge in [0.2, 0.25) is 5.91 Å². The second-order valence-electron chi connectivity index (χ2n) is 6.01. The summed E-state index contributed by atoms with van der Waals surface area (Å²) in [5.41, 5.74) is 1.33. The molecule has 0 N–H and O–H groups in total. The van der Waals surface area contributed by atoms with Crippen LogP contribution in [-0.4, -0.2) is 23.6 Å². The van der Waals surface area contributed by atoms with Gasteiger partial charge in [-0.15, -0.1) is 0 Å². The van der Waals surface area contributed by atoms with Crippen molar-refractivity contribution in [2.75, 3.05) is 11.4 Å². The third-order valence-corrected chi connectivity index (χ3v) is 4.24. The van der Waals surface area contributed by atoms with Crippen LogP contribution in [-0.2, 0) is 11.2 Å². The van der Waals surface area contributed by atoms with E-state index in [0.29, 0.717) is 17.8 Å². The van der Waals surface area contributed by atoms with Gasteiger partial charge in [-0.2, -0.15) is 13.2 Å². The van der Waals surface area contributed by atoms with Gasteiger partial charge < -0.3 is 0 Å². The van der Waals surface area contributed by atoms with Crippen molar-refractivity contribution in [2.45, 2.75) is 19.0 Å². The quantitative estimate of drug-likeness (QED) is 0.754. The molecule has 1 atom stereocenters. The molecule has 0 bridgehead atoms. The van der Waals surface area contributed by atoms with Gasteiger partial charge in [0.1, 0.15) is 17.6 Å². The monoisotopic (exact) mass is 364 g/mol. The molecule has 26 heavy (non-hydrogen) atoms. The smallest absolute Gasteiger partial charge is 0.296 e. The van der Waals surface area contributed by atoms with Gasteiger partial charge in [0.05, 0.1) is 0 Å². The number of amides is 1. The average Bonchev–Trinajstić information content (AvgIpc) is 3.03. The van der Waals surface area contributed by atoms with Crippen LogP contribution in [0.5, 0.6) is 0 Å². The van der Waals surface area contributed by atoms with E-state index in [-0.39, 0.29) is 6.54 Å². The second-order valence-corrected chi connectivity index (χ2v) is 6.01. The minimum atomic E-state index is -4.66. The number of carbonyl (C=O) groups excluding carboxylic acids is 1. The molecular formula is C19H16F4N2O. The van der Waals surface area contributed by atoms with Gasteiger partial charge >= 0.3 is 6.18 Å². The summed E-state index contributed by atoms with van der Waals surface area (Å²) in [6.45, 7) is 0.194. The first kappa shape index (κ1) is 18.1. The van der Waals surface area contributed by atoms with Gasteiger partial charge in [-0.05, 0) is 42.2 Å². The molecule has 0 fully saturated rings. The predicted molar refractivity (Wildman–Crippen MR) is 89.9 cm³/mol. The highest BCUT2D eigenvalue weighted by Gasteiger charge is 2.47. The molecular weight excluding hydrogens is 348 g/mol. The molecule has 0 saturated carbocycles. The highest BCUT2D eigenvalue weighted by Crippen LogP contribution is 2.34. The van der Waals surface area contributed by atoms with Crippen molar-refractivity contribution >= 4 is 17.8 Å². The molecule has 0 spiro atoms. The van der Waals surface area contributed by atoms with Gasteiger partial charge in [-0.3, -0.25) is 9.69 Å². The molecule has 1 aromatic carbocycles. The summed E-state index contributed by atoms with van der Waals surface area (Å²) < 4.78 is 53.1. The highest BCUT2D eigenvalue weighted by molar-refractivity contribution is 5.96. The summed E-state index contributed by atoms with van der Waals surface area (Å²) in [6, 6.07) is 8.80. The van der Waals surface area contributed by atoms with E-state index in [9.17, 15) is 22.4 Å². The Morgan fingerprint density at radius 1 is 1.23 bits per heavy atom. The summed E-state index contributed by atoms with van der Waals surface area (Å²) >= 11 is 0. The number of allylic oxidation sites excluding steroid dienone is 1. The zero-order valence-corrected chi connectivity index (χ0v) is 13.7. The Kier molecular flexibility index (Phi) is 5.06. The molecule has 136 valence electrons. The Morgan fingerprint density at radius 2 is 1.96 bits per heavy atom. The number of benzene rings is 1. The van der Waals surface area contributed by atoms with E-state index in [1.807, 2.05) is 0 Å². The van der Waals surface area contributed by atoms with E-state index >= 15 is 0 Å². The molecule has 2 heterocycles. The Labute approximate surface area is 148 Å². The van der Waals surface area contributed by atoms with E-state index in [2.05, 4.69) is 4.98 Å². The summed E-state index contributed by atoms with van der Waals surface area (Å²) in [5.74, 6) is -3.27. The number of hydrogen-bond acceptors (Lipinski definition) is 2. The summed E-state index contributed by atoms with van der Waals surface area (Å²) in [7, 11) is 0. The number of fused-ring (bicyclic) bond motifs is 1. The molecule has 0 aliphatic carbocycles. The normalized spacial score (nSPS) is 15.3. The van der Waals surface area contributed by atoms with E-state index in [1.54, 1.807) is 12.1 Å². The van der Waals surface area contributed by atoms with E-state index < -0.39 is 30.2 Å². The minimum Gasteiger partial charge on any atom is -0.296 e. The molecule has 0 radical (unpaired) electrons. The fourth-order valence-electron chi connectivity index (χ4n) is 2.90. The summed E-state index contributed by atoms with van der Waals surface area (Å²) in [6.07, 6.45) is -0.465. The lowest BCUT2D eigenvalue weighted by Gasteiger charge is -2.24. The van der Waals surface area contributed by atoms with E-state index in [4.69, 9.17) is 0 Å². The number of anilines is 1. The minimum absolute atomic E-state index is 0.194. The first-order valence-corrected chi connectivity index (χ1v) is 8.10. The van der Waals surface area contributed by atoms with Crippen LogP contribution in [0.25, 0.3) is 6.08 Å². The number of halogens is 4. The van der Waals surface area contributed by atoms with Crippen LogP contribution in [0.1, 0.15) is 17.5 Å². The molecule has 1 aliphatic rings. The SMILES string of the molecule is O=C([C@@H](C/C=C/c1ccc(F)cc1)C(F)(F)F)N1CCc2cccnc21. The van der Waals surface area contributed by atoms with Crippen LogP contribution in [0.2, 0.25) is 0 Å². The van der Waals surface area contributed by atoms with Gasteiger partial charge in [0, 0.05) is 12.7 Å². The van der Waals surface area contributed by atoms with E-state index in [1.165, 1.54) is 42.6 Å². The van der Waals surface area contributed by atoms with Crippen molar-refractivity contribution in [3.05, 3.63) is 65.6 Å². The fraction of sp³-hybridized carbons (Fsp3) is 0.263. The average molecular weight is 364 g/mol. The zero-order valence-electron chi connectivity index (χ0n) is 13.7. The number of carbonyl (C=O) groups is 1. The molecule has 0 saturated heterocycles. The Bertz CT molecular complexity index is 815. The van der Waals surface area contributed by atoms with Crippen molar-refractivity contribution < 1.29 is 22.4 Å². The van der Waals surface area contributed by atoms with Crippen LogP contribution in [0, 0.1) is 11.7 Å². The fourth-order valence-corrected chi connectivity index (χ4v) is 2.90. The molecule has 0 unspecified atom stereocenters. The Hall–Kier alpha value is -2.70. The zero-order chi connectivity index (χ0) is 18.7. The van der Waals surface area contributed by atoms with Crippen molar-refractivity contribution in [3.63, 3.8) is 0 Å². The predicted octanol–water partition coefficient (Wildman–Crippen LogP) is 4.39. The highest BCUT2D eigenvalue weighted by atomic mass is 19.4. The van der Waals surface area contributed by atoms with Crippen molar-refractivity contribution in [1.29, 1.82) is 0 Å². The van der Waals surface area contributed by atoms with Crippen LogP contribution < -0.4 is 4.90 Å². The van der Waals surface area contributed by atoms with Crippen LogP contribution in [0.15, 0.2) is 48.7 Å². The third kappa shape index (κ3) is 3.92. The molecule has 1 amide bonds. The lowest BCUT2D eigenvalue weighted by molar-refractivity contribution is -0.180. The standard InChI is InChI=1S/C19H16F4N2O/c20-15-8-6-13(7-9-15)3-1-5-16(19(21,22)23)18(26)25-12-10-14-4-2-11-24-17(14)25/h1-4,6-9,11,16H,5,10,12H2/b3-1+/t16-/m1/s1. The topological polar surface area (TPSA) is 33.2 Å². The van der Waals surface area contributed by atoms with Crippen molar-refractivity contribution in [3.8, 4) is 0 Å². The lowest BCUT2D eigenvalue weighted by atomic mass is 10.0. The first-order valence-electron chi connectivity index (χ1n) is 8.10. The maximum Gasteiger partial charge on any atom is 0.400 e. The Balaban J connectivity index is 1.76. The van der Waals surface area contributed by atoms with Gasteiger partial charge in [0.15, 0.2) is 0 Å². The number of pyridine rings is 1. The van der Waals surface area contributed by atoms with Crippen LogP contribution >= 0.6 is 0 Å². The number of rotatable bonds is 4. The van der Waals surface area contributed by atoms with Crippen LogP contribution in [0.4, 0.5) is 23.4 Å². The first-order chi connectivity index (χ1) is 12.4. The van der Waals surface area contributed by atoms with Crippen LogP contribution in [0.3, 0.4) is 0 Å². The molecule has 1 aromatic heterocycles. The maximum absolute atomic E-state index is 13.4. The van der Waals surface area contributed by atoms with Gasteiger partial charge in [-0.1, -0.05) is 30.4 Å². The number of hydrogen-bond donors (Lipinski definition) is 0. The van der Waals surface area contributed by atoms with E-state index in [0.717, 1.165) is 10.5 Å². The van der Waals surface area contributed by atoms with Crippen molar-refractivity contribution in [2.24, 2.45) is 5.92 Å². The number of nitrogens with zero attached hydrogens (tertiary/aromatic N) is 2. The molecule has 2 aromatic rings. The molecule has 7 heteroatoms. The summed E-state index contributed by atoms with van der Waals surface area (Å²) in [4.78, 5) is 17.7. The molecule has 3 nitrogen and oxygen atoms in total. The maximum atomic E-state index is 13.4. The molecule has 3 rings (SSSR count). The Morgan fingerprint density at radius 3 is 2.65 bits per heavy atom. The van der Waals surface area contributed by atoms with Gasteiger partial charge in [-0.25, -0.2) is 9.37 Å². The third-order valence-electron chi connectivity index (χ3n) is 4.24. The van der Waals surface area contributed by atoms with Crippen molar-refractivity contribution in [1.82, 2.24) is 4.98 Å². The molecule has 1 aliphatic heterocycles. The number of alkyl halides is 3. The number of aromatic nitrogens is 1. The van der Waals surface area contributed by atoms with Gasteiger partial charge in [0.25, 0.3) is 0 Å².